The van der Waals surface area contributed by atoms with Crippen LogP contribution in [0.25, 0.3) is 11.1 Å². The first-order valence-electron chi connectivity index (χ1n) is 13.3. The van der Waals surface area contributed by atoms with Gasteiger partial charge in [-0.15, -0.1) is 0 Å². The molecule has 1 fully saturated rings. The van der Waals surface area contributed by atoms with Crippen LogP contribution in [0.2, 0.25) is 0 Å². The molecule has 1 unspecified atom stereocenters. The van der Waals surface area contributed by atoms with Gasteiger partial charge in [-0.2, -0.15) is 0 Å². The van der Waals surface area contributed by atoms with Gasteiger partial charge in [0.05, 0.1) is 5.69 Å². The molecular weight excluding hydrogens is 462 g/mol. The summed E-state index contributed by atoms with van der Waals surface area (Å²) in [5.41, 5.74) is 14.1. The first-order chi connectivity index (χ1) is 18.0. The summed E-state index contributed by atoms with van der Waals surface area (Å²) in [6.07, 6.45) is 0.974. The molecule has 0 amide bonds. The Labute approximate surface area is 218 Å². The van der Waals surface area contributed by atoms with E-state index in [2.05, 4.69) is 54.7 Å². The Hall–Kier alpha value is -3.48. The van der Waals surface area contributed by atoms with Crippen molar-refractivity contribution in [2.75, 3.05) is 25.1 Å². The number of phenols is 1. The summed E-state index contributed by atoms with van der Waals surface area (Å²) in [6.45, 7) is 10.5. The average molecular weight is 498 g/mol. The van der Waals surface area contributed by atoms with Gasteiger partial charge in [0.15, 0.2) is 0 Å². The topological polar surface area (TPSA) is 66.0 Å². The highest BCUT2D eigenvalue weighted by molar-refractivity contribution is 5.97. The smallest absolute Gasteiger partial charge is 0.150 e. The van der Waals surface area contributed by atoms with Gasteiger partial charge in [0.1, 0.15) is 30.0 Å². The van der Waals surface area contributed by atoms with Crippen molar-refractivity contribution in [1.29, 1.82) is 0 Å². The van der Waals surface area contributed by atoms with E-state index in [4.69, 9.17) is 9.47 Å². The third-order valence-corrected chi connectivity index (χ3v) is 7.96. The third-order valence-electron chi connectivity index (χ3n) is 7.96. The van der Waals surface area contributed by atoms with Crippen molar-refractivity contribution < 1.29 is 14.6 Å². The Bertz CT molecular complexity index is 1330. The largest absolute Gasteiger partial charge is 0.508 e. The second-order valence-electron chi connectivity index (χ2n) is 10.6. The standard InChI is InChI=1S/C31H35N3O3/c1-19-13-14-34(17-19)20(2)18-36-25-9-7-22(8-10-25)31-29(23-5-4-6-24(35)15-23)21(3)30-26-16-32-33-27(26)11-12-28(30)37-31/h4-12,15,19-20,31-33,35H,13-14,16-18H2,1-3H3/t19-,20+,31?/m1/s1. The molecular formula is C31H35N3O3. The van der Waals surface area contributed by atoms with E-state index in [1.807, 2.05) is 36.4 Å². The van der Waals surface area contributed by atoms with Crippen LogP contribution in [0.5, 0.6) is 17.2 Å². The predicted molar refractivity (Wildman–Crippen MR) is 148 cm³/mol. The number of likely N-dealkylation sites (tertiary alicyclic amines) is 1. The Morgan fingerprint density at radius 3 is 2.73 bits per heavy atom. The van der Waals surface area contributed by atoms with Gasteiger partial charge in [-0.3, -0.25) is 4.90 Å². The van der Waals surface area contributed by atoms with Crippen LogP contribution in [-0.2, 0) is 6.54 Å². The molecule has 3 aliphatic rings. The number of hydrazine groups is 1. The number of hydrogen-bond acceptors (Lipinski definition) is 6. The van der Waals surface area contributed by atoms with Gasteiger partial charge >= 0.3 is 0 Å². The molecule has 1 saturated heterocycles. The molecule has 3 atom stereocenters. The van der Waals surface area contributed by atoms with Gasteiger partial charge < -0.3 is 20.0 Å². The summed E-state index contributed by atoms with van der Waals surface area (Å²) < 4.78 is 12.9. The van der Waals surface area contributed by atoms with Crippen LogP contribution in [0.15, 0.2) is 60.7 Å². The van der Waals surface area contributed by atoms with E-state index in [1.54, 1.807) is 6.07 Å². The number of hydrogen-bond donors (Lipinski definition) is 3. The molecule has 0 aliphatic carbocycles. The lowest BCUT2D eigenvalue weighted by Crippen LogP contribution is -2.35. The van der Waals surface area contributed by atoms with E-state index in [0.29, 0.717) is 12.6 Å². The van der Waals surface area contributed by atoms with E-state index in [9.17, 15) is 5.11 Å². The van der Waals surface area contributed by atoms with Gasteiger partial charge in [0, 0.05) is 35.8 Å². The van der Waals surface area contributed by atoms with Crippen LogP contribution in [0.1, 0.15) is 55.5 Å². The maximum Gasteiger partial charge on any atom is 0.150 e. The average Bonchev–Trinajstić information content (AvgIpc) is 3.56. The monoisotopic (exact) mass is 497 g/mol. The number of fused-ring (bicyclic) bond motifs is 3. The maximum atomic E-state index is 10.3. The second kappa shape index (κ2) is 9.77. The van der Waals surface area contributed by atoms with Crippen molar-refractivity contribution in [3.8, 4) is 17.2 Å². The highest BCUT2D eigenvalue weighted by Gasteiger charge is 2.32. The number of benzene rings is 3. The van der Waals surface area contributed by atoms with Crippen LogP contribution in [0.4, 0.5) is 5.69 Å². The Morgan fingerprint density at radius 1 is 1.14 bits per heavy atom. The zero-order chi connectivity index (χ0) is 25.5. The first kappa shape index (κ1) is 23.9. The van der Waals surface area contributed by atoms with E-state index in [1.165, 1.54) is 12.0 Å². The minimum atomic E-state index is -0.297. The van der Waals surface area contributed by atoms with E-state index < -0.39 is 0 Å². The van der Waals surface area contributed by atoms with Gasteiger partial charge in [0.2, 0.25) is 0 Å². The normalized spacial score (nSPS) is 21.7. The predicted octanol–water partition coefficient (Wildman–Crippen LogP) is 6.00. The van der Waals surface area contributed by atoms with Crippen molar-refractivity contribution in [1.82, 2.24) is 10.3 Å². The molecule has 3 aliphatic heterocycles. The SMILES string of the molecule is CC1=C(c2cccc(O)c2)C(c2ccc(OC[C@H](C)N3CC[C@@H](C)C3)cc2)Oc2ccc3c(c21)CNN3. The number of ether oxygens (including phenoxy) is 2. The van der Waals surface area contributed by atoms with Crippen molar-refractivity contribution in [2.45, 2.75) is 45.9 Å². The van der Waals surface area contributed by atoms with Gasteiger partial charge in [-0.05, 0) is 85.8 Å². The van der Waals surface area contributed by atoms with Gasteiger partial charge in [0.25, 0.3) is 0 Å². The molecule has 3 N–H and O–H groups in total. The van der Waals surface area contributed by atoms with Crippen LogP contribution >= 0.6 is 0 Å². The Kier molecular flexibility index (Phi) is 6.31. The number of phenolic OH excluding ortho intramolecular Hbond substituents is 1. The molecule has 0 saturated carbocycles. The molecule has 0 spiro atoms. The Balaban J connectivity index is 1.30. The molecule has 0 radical (unpaired) electrons. The lowest BCUT2D eigenvalue weighted by molar-refractivity contribution is 0.169. The molecule has 3 aromatic rings. The van der Waals surface area contributed by atoms with Crippen LogP contribution < -0.4 is 20.3 Å². The van der Waals surface area contributed by atoms with E-state index in [-0.39, 0.29) is 11.9 Å². The van der Waals surface area contributed by atoms with E-state index >= 15 is 0 Å². The molecule has 3 aromatic carbocycles. The number of nitrogens with zero attached hydrogens (tertiary/aromatic N) is 1. The third kappa shape index (κ3) is 4.56. The van der Waals surface area contributed by atoms with Crippen molar-refractivity contribution in [2.24, 2.45) is 5.92 Å². The zero-order valence-corrected chi connectivity index (χ0v) is 21.8. The summed E-state index contributed by atoms with van der Waals surface area (Å²) in [7, 11) is 0. The van der Waals surface area contributed by atoms with Crippen molar-refractivity contribution in [3.05, 3.63) is 82.9 Å². The highest BCUT2D eigenvalue weighted by Crippen LogP contribution is 2.49. The van der Waals surface area contributed by atoms with Crippen molar-refractivity contribution >= 4 is 16.8 Å². The molecule has 3 heterocycles. The number of allylic oxidation sites excluding steroid dienone is 1. The fraction of sp³-hybridized carbons (Fsp3) is 0.355. The summed E-state index contributed by atoms with van der Waals surface area (Å²) in [6, 6.07) is 20.2. The fourth-order valence-electron chi connectivity index (χ4n) is 5.89. The minimum Gasteiger partial charge on any atom is -0.508 e. The van der Waals surface area contributed by atoms with Crippen LogP contribution in [0.3, 0.4) is 0 Å². The first-order valence-corrected chi connectivity index (χ1v) is 13.3. The fourth-order valence-corrected chi connectivity index (χ4v) is 5.89. The molecule has 6 rings (SSSR count). The summed E-state index contributed by atoms with van der Waals surface area (Å²) in [5.74, 6) is 2.76. The Morgan fingerprint density at radius 2 is 1.97 bits per heavy atom. The minimum absolute atomic E-state index is 0.245. The molecule has 37 heavy (non-hydrogen) atoms. The molecule has 192 valence electrons. The van der Waals surface area contributed by atoms with Crippen LogP contribution in [0, 0.1) is 5.92 Å². The zero-order valence-electron chi connectivity index (χ0n) is 21.8. The van der Waals surface area contributed by atoms with E-state index in [0.717, 1.165) is 70.6 Å². The van der Waals surface area contributed by atoms with Crippen LogP contribution in [-0.4, -0.2) is 35.7 Å². The van der Waals surface area contributed by atoms with Gasteiger partial charge in [-0.25, -0.2) is 5.43 Å². The molecule has 0 bridgehead atoms. The summed E-state index contributed by atoms with van der Waals surface area (Å²) in [5, 5.41) is 10.3. The lowest BCUT2D eigenvalue weighted by Gasteiger charge is -2.32. The number of anilines is 1. The summed E-state index contributed by atoms with van der Waals surface area (Å²) in [4.78, 5) is 2.52. The van der Waals surface area contributed by atoms with Gasteiger partial charge in [-0.1, -0.05) is 31.2 Å². The second-order valence-corrected chi connectivity index (χ2v) is 10.6. The maximum absolute atomic E-state index is 10.3. The number of nitrogens with one attached hydrogen (secondary N) is 2. The lowest BCUT2D eigenvalue weighted by atomic mass is 9.84. The summed E-state index contributed by atoms with van der Waals surface area (Å²) >= 11 is 0. The quantitative estimate of drug-likeness (QED) is 0.388. The molecule has 0 aromatic heterocycles. The van der Waals surface area contributed by atoms with Crippen molar-refractivity contribution in [3.63, 3.8) is 0 Å². The number of aromatic hydroxyl groups is 1. The molecule has 6 heteroatoms. The highest BCUT2D eigenvalue weighted by atomic mass is 16.5. The number of rotatable bonds is 6. The molecule has 6 nitrogen and oxygen atoms in total.